The number of benzene rings is 1. The van der Waals surface area contributed by atoms with Crippen LogP contribution in [0.4, 0.5) is 5.82 Å². The van der Waals surface area contributed by atoms with Crippen LogP contribution in [0.1, 0.15) is 16.1 Å². The van der Waals surface area contributed by atoms with E-state index in [-0.39, 0.29) is 17.4 Å². The van der Waals surface area contributed by atoms with Gasteiger partial charge in [0.15, 0.2) is 11.6 Å². The van der Waals surface area contributed by atoms with Crippen LogP contribution in [-0.2, 0) is 11.3 Å². The molecule has 1 aromatic carbocycles. The molecular formula is C18H16N4O3S. The molecule has 0 fully saturated rings. The zero-order valence-corrected chi connectivity index (χ0v) is 14.5. The molecule has 132 valence electrons. The van der Waals surface area contributed by atoms with Gasteiger partial charge in [0.25, 0.3) is 5.91 Å². The minimum Gasteiger partial charge on any atom is -0.459 e. The van der Waals surface area contributed by atoms with E-state index in [0.717, 1.165) is 5.56 Å². The van der Waals surface area contributed by atoms with Crippen molar-refractivity contribution in [2.24, 2.45) is 0 Å². The summed E-state index contributed by atoms with van der Waals surface area (Å²) < 4.78 is 5.00. The molecule has 0 unspecified atom stereocenters. The molecule has 0 radical (unpaired) electrons. The molecule has 3 rings (SSSR count). The lowest BCUT2D eigenvalue weighted by Crippen LogP contribution is -2.24. The predicted octanol–water partition coefficient (Wildman–Crippen LogP) is 2.73. The second-order valence-corrected chi connectivity index (χ2v) is 6.23. The SMILES string of the molecule is O=C(CSc1ccc(NC(=O)c2ccco2)nn1)NCc1ccccc1. The highest BCUT2D eigenvalue weighted by molar-refractivity contribution is 7.99. The predicted molar refractivity (Wildman–Crippen MR) is 97.7 cm³/mol. The van der Waals surface area contributed by atoms with Gasteiger partial charge in [-0.25, -0.2) is 0 Å². The zero-order valence-electron chi connectivity index (χ0n) is 13.7. The highest BCUT2D eigenvalue weighted by Gasteiger charge is 2.10. The molecule has 0 spiro atoms. The van der Waals surface area contributed by atoms with Gasteiger partial charge in [0.2, 0.25) is 5.91 Å². The van der Waals surface area contributed by atoms with E-state index in [0.29, 0.717) is 17.4 Å². The molecule has 0 atom stereocenters. The molecule has 0 saturated carbocycles. The van der Waals surface area contributed by atoms with Crippen LogP contribution < -0.4 is 10.6 Å². The molecule has 0 bridgehead atoms. The number of carbonyl (C=O) groups is 2. The van der Waals surface area contributed by atoms with Gasteiger partial charge in [0, 0.05) is 6.54 Å². The van der Waals surface area contributed by atoms with Crippen LogP contribution in [0.2, 0.25) is 0 Å². The lowest BCUT2D eigenvalue weighted by Gasteiger charge is -2.05. The minimum atomic E-state index is -0.398. The second kappa shape index (κ2) is 8.82. The van der Waals surface area contributed by atoms with Crippen molar-refractivity contribution in [2.75, 3.05) is 11.1 Å². The lowest BCUT2D eigenvalue weighted by atomic mass is 10.2. The Balaban J connectivity index is 1.44. The Morgan fingerprint density at radius 3 is 2.54 bits per heavy atom. The molecule has 0 aliphatic heterocycles. The monoisotopic (exact) mass is 368 g/mol. The molecule has 3 aromatic rings. The molecule has 2 amide bonds. The third-order valence-corrected chi connectivity index (χ3v) is 4.23. The van der Waals surface area contributed by atoms with Crippen LogP contribution in [0, 0.1) is 0 Å². The Hall–Kier alpha value is -3.13. The molecule has 0 aliphatic rings. The van der Waals surface area contributed by atoms with E-state index in [2.05, 4.69) is 20.8 Å². The van der Waals surface area contributed by atoms with Crippen LogP contribution in [0.15, 0.2) is 70.3 Å². The van der Waals surface area contributed by atoms with Crippen molar-refractivity contribution >= 4 is 29.4 Å². The summed E-state index contributed by atoms with van der Waals surface area (Å²) in [6.45, 7) is 0.490. The Kier molecular flexibility index (Phi) is 6.00. The number of nitrogens with zero attached hydrogens (tertiary/aromatic N) is 2. The number of thioether (sulfide) groups is 1. The number of hydrogen-bond acceptors (Lipinski definition) is 6. The number of anilines is 1. The van der Waals surface area contributed by atoms with E-state index in [1.165, 1.54) is 18.0 Å². The maximum atomic E-state index is 11.9. The van der Waals surface area contributed by atoms with Gasteiger partial charge in [0.05, 0.1) is 12.0 Å². The van der Waals surface area contributed by atoms with E-state index >= 15 is 0 Å². The van der Waals surface area contributed by atoms with Crippen molar-refractivity contribution in [3.8, 4) is 0 Å². The zero-order chi connectivity index (χ0) is 18.2. The third kappa shape index (κ3) is 5.18. The van der Waals surface area contributed by atoms with E-state index in [9.17, 15) is 9.59 Å². The standard InChI is InChI=1S/C18H16N4O3S/c23-16(19-11-13-5-2-1-3-6-13)12-26-17-9-8-15(21-22-17)20-18(24)14-7-4-10-25-14/h1-10H,11-12H2,(H,19,23)(H,20,21,24). The van der Waals surface area contributed by atoms with Gasteiger partial charge in [-0.2, -0.15) is 0 Å². The molecule has 2 aromatic heterocycles. The Labute approximate surface area is 154 Å². The van der Waals surface area contributed by atoms with Crippen molar-refractivity contribution in [1.29, 1.82) is 0 Å². The molecule has 8 heteroatoms. The van der Waals surface area contributed by atoms with Gasteiger partial charge in [-0.1, -0.05) is 42.1 Å². The Bertz CT molecular complexity index is 852. The molecule has 7 nitrogen and oxygen atoms in total. The van der Waals surface area contributed by atoms with Crippen molar-refractivity contribution in [3.63, 3.8) is 0 Å². The normalized spacial score (nSPS) is 10.3. The first-order chi connectivity index (χ1) is 12.7. The van der Waals surface area contributed by atoms with E-state index in [4.69, 9.17) is 4.42 Å². The van der Waals surface area contributed by atoms with Crippen LogP contribution in [0.3, 0.4) is 0 Å². The summed E-state index contributed by atoms with van der Waals surface area (Å²) in [5.41, 5.74) is 1.04. The smallest absolute Gasteiger partial charge is 0.292 e. The summed E-state index contributed by atoms with van der Waals surface area (Å²) in [5.74, 6) is 0.255. The second-order valence-electron chi connectivity index (χ2n) is 5.24. The lowest BCUT2D eigenvalue weighted by molar-refractivity contribution is -0.118. The summed E-state index contributed by atoms with van der Waals surface area (Å²) in [6.07, 6.45) is 1.42. The molecule has 26 heavy (non-hydrogen) atoms. The van der Waals surface area contributed by atoms with Crippen molar-refractivity contribution in [1.82, 2.24) is 15.5 Å². The Morgan fingerprint density at radius 1 is 1.00 bits per heavy atom. The van der Waals surface area contributed by atoms with Gasteiger partial charge in [-0.3, -0.25) is 9.59 Å². The average molecular weight is 368 g/mol. The number of aromatic nitrogens is 2. The maximum absolute atomic E-state index is 11.9. The highest BCUT2D eigenvalue weighted by Crippen LogP contribution is 2.15. The highest BCUT2D eigenvalue weighted by atomic mass is 32.2. The summed E-state index contributed by atoms with van der Waals surface area (Å²) in [7, 11) is 0. The van der Waals surface area contributed by atoms with Gasteiger partial charge in [0.1, 0.15) is 5.03 Å². The summed E-state index contributed by atoms with van der Waals surface area (Å²) in [4.78, 5) is 23.7. The molecule has 2 N–H and O–H groups in total. The van der Waals surface area contributed by atoms with Crippen LogP contribution >= 0.6 is 11.8 Å². The number of amides is 2. The van der Waals surface area contributed by atoms with Crippen molar-refractivity contribution in [2.45, 2.75) is 11.6 Å². The molecular weight excluding hydrogens is 352 g/mol. The number of rotatable bonds is 7. The van der Waals surface area contributed by atoms with Crippen molar-refractivity contribution < 1.29 is 14.0 Å². The first-order valence-electron chi connectivity index (χ1n) is 7.83. The van der Waals surface area contributed by atoms with Gasteiger partial charge in [-0.05, 0) is 29.8 Å². The fraction of sp³-hybridized carbons (Fsp3) is 0.111. The average Bonchev–Trinajstić information content (AvgIpc) is 3.22. The number of nitrogens with one attached hydrogen (secondary N) is 2. The van der Waals surface area contributed by atoms with Gasteiger partial charge >= 0.3 is 0 Å². The minimum absolute atomic E-state index is 0.0872. The van der Waals surface area contributed by atoms with Crippen LogP contribution in [0.25, 0.3) is 0 Å². The van der Waals surface area contributed by atoms with Crippen LogP contribution in [-0.4, -0.2) is 27.8 Å². The summed E-state index contributed by atoms with van der Waals surface area (Å²) in [6, 6.07) is 16.2. The summed E-state index contributed by atoms with van der Waals surface area (Å²) >= 11 is 1.27. The topological polar surface area (TPSA) is 97.1 Å². The van der Waals surface area contributed by atoms with Gasteiger partial charge < -0.3 is 15.1 Å². The quantitative estimate of drug-likeness (QED) is 0.623. The maximum Gasteiger partial charge on any atom is 0.292 e. The fourth-order valence-corrected chi connectivity index (χ4v) is 2.68. The largest absolute Gasteiger partial charge is 0.459 e. The molecule has 0 aliphatic carbocycles. The number of carbonyl (C=O) groups excluding carboxylic acids is 2. The van der Waals surface area contributed by atoms with E-state index in [1.54, 1.807) is 24.3 Å². The Morgan fingerprint density at radius 2 is 1.85 bits per heavy atom. The number of hydrogen-bond donors (Lipinski definition) is 2. The first-order valence-corrected chi connectivity index (χ1v) is 8.81. The fourth-order valence-electron chi connectivity index (χ4n) is 2.04. The van der Waals surface area contributed by atoms with E-state index in [1.807, 2.05) is 30.3 Å². The van der Waals surface area contributed by atoms with Gasteiger partial charge in [-0.15, -0.1) is 10.2 Å². The van der Waals surface area contributed by atoms with E-state index < -0.39 is 5.91 Å². The third-order valence-electron chi connectivity index (χ3n) is 3.31. The van der Waals surface area contributed by atoms with Crippen molar-refractivity contribution in [3.05, 3.63) is 72.2 Å². The molecule has 0 saturated heterocycles. The van der Waals surface area contributed by atoms with Crippen LogP contribution in [0.5, 0.6) is 0 Å². The molecule has 2 heterocycles. The number of furan rings is 1. The summed E-state index contributed by atoms with van der Waals surface area (Å²) in [5, 5.41) is 13.9. The first kappa shape index (κ1) is 17.7.